The Morgan fingerprint density at radius 2 is 1.70 bits per heavy atom. The van der Waals surface area contributed by atoms with Crippen LogP contribution in [0.15, 0.2) is 59.4 Å². The summed E-state index contributed by atoms with van der Waals surface area (Å²) < 4.78 is 16.5. The van der Waals surface area contributed by atoms with Gasteiger partial charge in [-0.05, 0) is 62.2 Å². The molecule has 4 rings (SSSR count). The third kappa shape index (κ3) is 4.42. The third-order valence-electron chi connectivity index (χ3n) is 6.82. The van der Waals surface area contributed by atoms with Crippen LogP contribution in [0.3, 0.4) is 0 Å². The first-order valence-electron chi connectivity index (χ1n) is 11.4. The van der Waals surface area contributed by atoms with Crippen LogP contribution in [-0.4, -0.2) is 33.1 Å². The summed E-state index contributed by atoms with van der Waals surface area (Å²) in [7, 11) is 1.79. The van der Waals surface area contributed by atoms with E-state index in [4.69, 9.17) is 11.6 Å². The molecule has 2 aromatic carbocycles. The van der Waals surface area contributed by atoms with Crippen LogP contribution >= 0.6 is 11.6 Å². The molecule has 0 spiro atoms. The van der Waals surface area contributed by atoms with Gasteiger partial charge < -0.3 is 0 Å². The van der Waals surface area contributed by atoms with Crippen molar-refractivity contribution in [3.05, 3.63) is 87.0 Å². The molecular weight excluding hydrogens is 441 g/mol. The average molecular weight is 470 g/mol. The number of hydrogen-bond acceptors (Lipinski definition) is 3. The molecule has 0 saturated carbocycles. The Balaban J connectivity index is 1.57. The smallest absolute Gasteiger partial charge is 0.290 e. The van der Waals surface area contributed by atoms with Gasteiger partial charge in [0, 0.05) is 20.0 Å². The molecular formula is C26H29ClFN3O2. The van der Waals surface area contributed by atoms with Gasteiger partial charge in [-0.1, -0.05) is 48.9 Å². The summed E-state index contributed by atoms with van der Waals surface area (Å²) >= 11 is 6.45. The minimum Gasteiger partial charge on any atom is -0.299 e. The van der Waals surface area contributed by atoms with Crippen LogP contribution in [-0.2, 0) is 23.8 Å². The molecule has 2 heterocycles. The summed E-state index contributed by atoms with van der Waals surface area (Å²) in [5.41, 5.74) is 1.58. The normalized spacial score (nSPS) is 16.1. The number of rotatable bonds is 7. The van der Waals surface area contributed by atoms with Gasteiger partial charge in [0.05, 0.1) is 16.8 Å². The maximum atomic E-state index is 13.3. The molecule has 1 fully saturated rings. The van der Waals surface area contributed by atoms with Crippen molar-refractivity contribution in [2.75, 3.05) is 13.1 Å². The van der Waals surface area contributed by atoms with Crippen LogP contribution in [0.25, 0.3) is 5.69 Å². The van der Waals surface area contributed by atoms with E-state index in [0.717, 1.165) is 37.9 Å². The average Bonchev–Trinajstić information content (AvgIpc) is 3.04. The van der Waals surface area contributed by atoms with E-state index in [1.54, 1.807) is 23.9 Å². The summed E-state index contributed by atoms with van der Waals surface area (Å²) in [6, 6.07) is 15.9. The second-order valence-electron chi connectivity index (χ2n) is 8.78. The molecule has 5 nitrogen and oxygen atoms in total. The Morgan fingerprint density at radius 3 is 2.30 bits per heavy atom. The second-order valence-corrected chi connectivity index (χ2v) is 9.15. The number of likely N-dealkylation sites (tertiary alicyclic amines) is 1. The van der Waals surface area contributed by atoms with E-state index in [-0.39, 0.29) is 16.4 Å². The van der Waals surface area contributed by atoms with Crippen LogP contribution in [0.1, 0.15) is 43.9 Å². The lowest BCUT2D eigenvalue weighted by Gasteiger charge is -2.41. The molecule has 0 atom stereocenters. The number of piperidine rings is 1. The summed E-state index contributed by atoms with van der Waals surface area (Å²) in [5, 5.41) is 0.170. The Hall–Kier alpha value is -2.70. The first kappa shape index (κ1) is 23.5. The van der Waals surface area contributed by atoms with E-state index in [1.807, 2.05) is 25.1 Å². The van der Waals surface area contributed by atoms with Gasteiger partial charge in [0.15, 0.2) is 0 Å². The maximum absolute atomic E-state index is 13.3. The topological polar surface area (TPSA) is 47.2 Å². The molecule has 1 aromatic heterocycles. The number of aromatic nitrogens is 2. The summed E-state index contributed by atoms with van der Waals surface area (Å²) in [4.78, 5) is 28.3. The zero-order chi connectivity index (χ0) is 23.6. The Labute approximate surface area is 198 Å². The molecule has 0 aliphatic carbocycles. The Morgan fingerprint density at radius 1 is 1.06 bits per heavy atom. The van der Waals surface area contributed by atoms with Crippen molar-refractivity contribution in [1.29, 1.82) is 0 Å². The Kier molecular flexibility index (Phi) is 6.86. The van der Waals surface area contributed by atoms with Crippen molar-refractivity contribution in [2.45, 2.75) is 44.6 Å². The largest absolute Gasteiger partial charge is 0.299 e. The number of carbonyl (C=O) groups is 1. The minimum absolute atomic E-state index is 0.170. The molecule has 3 aromatic rings. The zero-order valence-corrected chi connectivity index (χ0v) is 19.8. The van der Waals surface area contributed by atoms with E-state index in [1.165, 1.54) is 16.8 Å². The van der Waals surface area contributed by atoms with Gasteiger partial charge in [-0.2, -0.15) is 0 Å². The highest BCUT2D eigenvalue weighted by atomic mass is 35.5. The van der Waals surface area contributed by atoms with E-state index in [2.05, 4.69) is 17.0 Å². The highest BCUT2D eigenvalue weighted by Crippen LogP contribution is 2.38. The lowest BCUT2D eigenvalue weighted by Crippen LogP contribution is -2.47. The maximum Gasteiger partial charge on any atom is 0.290 e. The molecule has 0 bridgehead atoms. The molecule has 1 aliphatic heterocycles. The summed E-state index contributed by atoms with van der Waals surface area (Å²) in [6.45, 7) is 4.01. The monoisotopic (exact) mass is 469 g/mol. The quantitative estimate of drug-likeness (QED) is 0.496. The molecule has 1 aliphatic rings. The van der Waals surface area contributed by atoms with Gasteiger partial charge in [-0.25, -0.2) is 9.07 Å². The van der Waals surface area contributed by atoms with Crippen LogP contribution in [0, 0.1) is 5.82 Å². The van der Waals surface area contributed by atoms with Gasteiger partial charge >= 0.3 is 0 Å². The van der Waals surface area contributed by atoms with Crippen molar-refractivity contribution < 1.29 is 9.18 Å². The predicted octanol–water partition coefficient (Wildman–Crippen LogP) is 4.87. The first-order chi connectivity index (χ1) is 15.9. The lowest BCUT2D eigenvalue weighted by atomic mass is 9.68. The highest BCUT2D eigenvalue weighted by molar-refractivity contribution is 6.31. The van der Waals surface area contributed by atoms with Gasteiger partial charge in [-0.15, -0.1) is 0 Å². The zero-order valence-electron chi connectivity index (χ0n) is 19.1. The van der Waals surface area contributed by atoms with Crippen molar-refractivity contribution in [2.24, 2.45) is 7.05 Å². The number of nitrogens with zero attached hydrogens (tertiary/aromatic N) is 3. The number of halogens is 2. The molecule has 0 unspecified atom stereocenters. The van der Waals surface area contributed by atoms with E-state index in [9.17, 15) is 14.0 Å². The van der Waals surface area contributed by atoms with Gasteiger partial charge in [0.2, 0.25) is 0 Å². The van der Waals surface area contributed by atoms with E-state index < -0.39 is 5.41 Å². The fourth-order valence-electron chi connectivity index (χ4n) is 4.92. The first-order valence-corrected chi connectivity index (χ1v) is 11.8. The van der Waals surface area contributed by atoms with E-state index >= 15 is 0 Å². The third-order valence-corrected chi connectivity index (χ3v) is 7.20. The molecule has 0 amide bonds. The predicted molar refractivity (Wildman–Crippen MR) is 129 cm³/mol. The molecule has 0 radical (unpaired) electrons. The van der Waals surface area contributed by atoms with Crippen molar-refractivity contribution in [3.63, 3.8) is 0 Å². The number of ketones is 1. The summed E-state index contributed by atoms with van der Waals surface area (Å²) in [5.74, 6) is -0.0519. The fourth-order valence-corrected chi connectivity index (χ4v) is 5.18. The number of hydrogen-bond donors (Lipinski definition) is 0. The number of Topliss-reactive ketones (excluding diaryl/α,β-unsaturated/α-hetero) is 1. The van der Waals surface area contributed by atoms with Crippen LogP contribution in [0.5, 0.6) is 0 Å². The lowest BCUT2D eigenvalue weighted by molar-refractivity contribution is -0.126. The molecule has 1 saturated heterocycles. The minimum atomic E-state index is -0.455. The van der Waals surface area contributed by atoms with Crippen molar-refractivity contribution in [3.8, 4) is 5.69 Å². The molecule has 0 N–H and O–H groups in total. The van der Waals surface area contributed by atoms with Crippen molar-refractivity contribution >= 4 is 17.4 Å². The highest BCUT2D eigenvalue weighted by Gasteiger charge is 2.42. The van der Waals surface area contributed by atoms with Crippen LogP contribution in [0.2, 0.25) is 5.02 Å². The fraction of sp³-hybridized carbons (Fsp3) is 0.385. The SMILES string of the molecule is CCCC(=O)C1(c2ccccc2)CCN(Cc2c(Cl)c(=O)n(-c3ccc(F)cc3)n2C)CC1. The van der Waals surface area contributed by atoms with Crippen LogP contribution < -0.4 is 5.56 Å². The second kappa shape index (κ2) is 9.65. The number of carbonyl (C=O) groups excluding carboxylic acids is 1. The van der Waals surface area contributed by atoms with Gasteiger partial charge in [-0.3, -0.25) is 19.2 Å². The van der Waals surface area contributed by atoms with Gasteiger partial charge in [0.25, 0.3) is 5.56 Å². The van der Waals surface area contributed by atoms with Crippen molar-refractivity contribution in [1.82, 2.24) is 14.3 Å². The molecule has 174 valence electrons. The molecule has 7 heteroatoms. The number of benzene rings is 2. The standard InChI is InChI=1S/C26H29ClFN3O2/c1-3-7-23(32)26(19-8-5-4-6-9-19)14-16-30(17-15-26)18-22-24(27)25(33)31(29(22)2)21-12-10-20(28)11-13-21/h4-6,8-13H,3,7,14-18H2,1-2H3. The molecule has 33 heavy (non-hydrogen) atoms. The summed E-state index contributed by atoms with van der Waals surface area (Å²) in [6.07, 6.45) is 2.89. The Bertz CT molecular complexity index is 1180. The van der Waals surface area contributed by atoms with Crippen LogP contribution in [0.4, 0.5) is 4.39 Å². The van der Waals surface area contributed by atoms with E-state index in [0.29, 0.717) is 30.1 Å². The van der Waals surface area contributed by atoms with Gasteiger partial charge in [0.1, 0.15) is 16.6 Å².